The summed E-state index contributed by atoms with van der Waals surface area (Å²) in [6.45, 7) is 8.44. The van der Waals surface area contributed by atoms with Crippen LogP contribution in [0.5, 0.6) is 11.5 Å². The number of aryl methyl sites for hydroxylation is 1. The van der Waals surface area contributed by atoms with Crippen LogP contribution < -0.4 is 20.1 Å². The second-order valence-electron chi connectivity index (χ2n) is 10.5. The lowest BCUT2D eigenvalue weighted by molar-refractivity contribution is -0.124. The van der Waals surface area contributed by atoms with Crippen LogP contribution in [-0.2, 0) is 4.79 Å². The molecule has 0 spiro atoms. The first-order valence-electron chi connectivity index (χ1n) is 12.5. The number of benzene rings is 2. The van der Waals surface area contributed by atoms with Gasteiger partial charge in [-0.05, 0) is 70.2 Å². The van der Waals surface area contributed by atoms with Crippen molar-refractivity contribution in [3.05, 3.63) is 54.2 Å². The molecule has 2 aromatic carbocycles. The second kappa shape index (κ2) is 10.1. The Morgan fingerprint density at radius 3 is 2.68 bits per heavy atom. The van der Waals surface area contributed by atoms with Crippen molar-refractivity contribution in [2.24, 2.45) is 5.92 Å². The number of hydrogen-bond donors (Lipinski definition) is 3. The maximum atomic E-state index is 12.2. The van der Waals surface area contributed by atoms with E-state index in [9.17, 15) is 4.79 Å². The first-order valence-corrected chi connectivity index (χ1v) is 12.5. The number of fused-ring (bicyclic) bond motifs is 1. The largest absolute Gasteiger partial charge is 0.492 e. The average Bonchev–Trinajstić information content (AvgIpc) is 3.54. The van der Waals surface area contributed by atoms with E-state index in [4.69, 9.17) is 19.4 Å². The number of aromatic amines is 1. The lowest BCUT2D eigenvalue weighted by atomic mass is 10.1. The number of amides is 1. The lowest BCUT2D eigenvalue weighted by Gasteiger charge is -2.20. The minimum Gasteiger partial charge on any atom is -0.492 e. The zero-order chi connectivity index (χ0) is 26.0. The SMILES string of the molecule is Cc1ccc2nc(-c3cccc(OCC(=O)NC(C)(C)C)c3)nc(Nc3ccn[nH]3)c2c1OCC1CC1. The molecule has 0 bridgehead atoms. The third-order valence-electron chi connectivity index (χ3n) is 5.90. The molecule has 0 unspecified atom stereocenters. The van der Waals surface area contributed by atoms with Crippen LogP contribution in [0.2, 0.25) is 0 Å². The fourth-order valence-electron chi connectivity index (χ4n) is 3.97. The van der Waals surface area contributed by atoms with Crippen LogP contribution in [0, 0.1) is 12.8 Å². The number of H-pyrrole nitrogens is 1. The highest BCUT2D eigenvalue weighted by Crippen LogP contribution is 2.38. The van der Waals surface area contributed by atoms with Crippen LogP contribution >= 0.6 is 0 Å². The van der Waals surface area contributed by atoms with E-state index >= 15 is 0 Å². The number of anilines is 2. The van der Waals surface area contributed by atoms with Gasteiger partial charge in [-0.25, -0.2) is 9.97 Å². The molecule has 0 radical (unpaired) electrons. The average molecular weight is 501 g/mol. The molecule has 9 heteroatoms. The van der Waals surface area contributed by atoms with Crippen molar-refractivity contribution >= 4 is 28.4 Å². The predicted octanol–water partition coefficient (Wildman–Crippen LogP) is 5.15. The van der Waals surface area contributed by atoms with Crippen molar-refractivity contribution in [1.82, 2.24) is 25.5 Å². The molecule has 0 atom stereocenters. The number of carbonyl (C=O) groups excluding carboxylic acids is 1. The van der Waals surface area contributed by atoms with E-state index < -0.39 is 0 Å². The third-order valence-corrected chi connectivity index (χ3v) is 5.90. The van der Waals surface area contributed by atoms with Gasteiger partial charge in [-0.2, -0.15) is 5.10 Å². The molecule has 1 amide bonds. The molecule has 1 saturated carbocycles. The molecule has 2 heterocycles. The number of nitrogens with zero attached hydrogens (tertiary/aromatic N) is 3. The molecule has 9 nitrogen and oxygen atoms in total. The maximum Gasteiger partial charge on any atom is 0.258 e. The van der Waals surface area contributed by atoms with Gasteiger partial charge in [-0.1, -0.05) is 18.2 Å². The molecule has 1 aliphatic carbocycles. The van der Waals surface area contributed by atoms with Gasteiger partial charge >= 0.3 is 0 Å². The van der Waals surface area contributed by atoms with Crippen molar-refractivity contribution < 1.29 is 14.3 Å². The smallest absolute Gasteiger partial charge is 0.258 e. The Morgan fingerprint density at radius 1 is 1.11 bits per heavy atom. The minimum atomic E-state index is -0.321. The molecule has 37 heavy (non-hydrogen) atoms. The Balaban J connectivity index is 1.49. The zero-order valence-electron chi connectivity index (χ0n) is 21.6. The van der Waals surface area contributed by atoms with Gasteiger partial charge in [0.05, 0.1) is 23.7 Å². The highest BCUT2D eigenvalue weighted by atomic mass is 16.5. The van der Waals surface area contributed by atoms with Gasteiger partial charge in [0.2, 0.25) is 0 Å². The van der Waals surface area contributed by atoms with Gasteiger partial charge in [0.15, 0.2) is 12.4 Å². The summed E-state index contributed by atoms with van der Waals surface area (Å²) < 4.78 is 12.0. The highest BCUT2D eigenvalue weighted by molar-refractivity contribution is 5.98. The number of rotatable bonds is 9. The fourth-order valence-corrected chi connectivity index (χ4v) is 3.97. The third kappa shape index (κ3) is 6.17. The molecule has 2 aromatic heterocycles. The van der Waals surface area contributed by atoms with Crippen LogP contribution in [0.15, 0.2) is 48.7 Å². The summed E-state index contributed by atoms with van der Waals surface area (Å²) in [5.74, 6) is 3.64. The molecule has 4 aromatic rings. The van der Waals surface area contributed by atoms with Gasteiger partial charge < -0.3 is 20.1 Å². The zero-order valence-corrected chi connectivity index (χ0v) is 21.6. The molecular weight excluding hydrogens is 468 g/mol. The normalized spacial score (nSPS) is 13.4. The molecule has 3 N–H and O–H groups in total. The Hall–Kier alpha value is -4.14. The Bertz CT molecular complexity index is 1410. The van der Waals surface area contributed by atoms with E-state index in [1.54, 1.807) is 6.20 Å². The predicted molar refractivity (Wildman–Crippen MR) is 143 cm³/mol. The molecule has 1 fully saturated rings. The highest BCUT2D eigenvalue weighted by Gasteiger charge is 2.24. The summed E-state index contributed by atoms with van der Waals surface area (Å²) in [5.41, 5.74) is 2.24. The summed E-state index contributed by atoms with van der Waals surface area (Å²) in [6.07, 6.45) is 4.10. The van der Waals surface area contributed by atoms with Crippen molar-refractivity contribution in [3.8, 4) is 22.9 Å². The van der Waals surface area contributed by atoms with Crippen molar-refractivity contribution in [2.45, 2.75) is 46.1 Å². The van der Waals surface area contributed by atoms with Crippen LogP contribution in [0.3, 0.4) is 0 Å². The van der Waals surface area contributed by atoms with E-state index in [1.165, 1.54) is 12.8 Å². The molecule has 0 saturated heterocycles. The van der Waals surface area contributed by atoms with E-state index in [2.05, 4.69) is 20.8 Å². The molecule has 192 valence electrons. The number of aromatic nitrogens is 4. The topological polar surface area (TPSA) is 114 Å². The Labute approximate surface area is 216 Å². The first-order chi connectivity index (χ1) is 17.7. The summed E-state index contributed by atoms with van der Waals surface area (Å²) in [4.78, 5) is 22.0. The van der Waals surface area contributed by atoms with E-state index in [-0.39, 0.29) is 18.1 Å². The summed E-state index contributed by atoms with van der Waals surface area (Å²) in [5, 5.41) is 14.1. The minimum absolute atomic E-state index is 0.0765. The van der Waals surface area contributed by atoms with E-state index in [1.807, 2.05) is 70.2 Å². The van der Waals surface area contributed by atoms with Gasteiger partial charge in [-0.15, -0.1) is 0 Å². The maximum absolute atomic E-state index is 12.2. The van der Waals surface area contributed by atoms with Crippen molar-refractivity contribution in [3.63, 3.8) is 0 Å². The number of hydrogen-bond acceptors (Lipinski definition) is 7. The van der Waals surface area contributed by atoms with Gasteiger partial charge in [0.1, 0.15) is 23.1 Å². The summed E-state index contributed by atoms with van der Waals surface area (Å²) in [7, 11) is 0. The lowest BCUT2D eigenvalue weighted by Crippen LogP contribution is -2.43. The molecule has 1 aliphatic rings. The Kier molecular flexibility index (Phi) is 6.69. The van der Waals surface area contributed by atoms with Crippen LogP contribution in [0.25, 0.3) is 22.3 Å². The monoisotopic (exact) mass is 500 g/mol. The van der Waals surface area contributed by atoms with Crippen LogP contribution in [0.1, 0.15) is 39.2 Å². The first kappa shape index (κ1) is 24.5. The quantitative estimate of drug-likeness (QED) is 0.291. The van der Waals surface area contributed by atoms with Crippen LogP contribution in [-0.4, -0.2) is 44.8 Å². The second-order valence-corrected chi connectivity index (χ2v) is 10.5. The van der Waals surface area contributed by atoms with Crippen LogP contribution in [0.4, 0.5) is 11.6 Å². The standard InChI is InChI=1S/C28H32N6O3/c1-17-8-11-21-24(25(17)37-15-18-9-10-18)27(31-22-12-13-29-34-22)32-26(30-21)19-6-5-7-20(14-19)36-16-23(35)33-28(2,3)4/h5-8,11-14,18H,9-10,15-16H2,1-4H3,(H,33,35)(H2,29,30,31,32,34). The van der Waals surface area contributed by atoms with Gasteiger partial charge in [0.25, 0.3) is 5.91 Å². The van der Waals surface area contributed by atoms with Gasteiger partial charge in [0, 0.05) is 17.2 Å². The molecule has 5 rings (SSSR count). The van der Waals surface area contributed by atoms with E-state index in [0.29, 0.717) is 35.7 Å². The Morgan fingerprint density at radius 2 is 1.95 bits per heavy atom. The van der Waals surface area contributed by atoms with E-state index in [0.717, 1.165) is 27.8 Å². The number of ether oxygens (including phenoxy) is 2. The van der Waals surface area contributed by atoms with Crippen molar-refractivity contribution in [2.75, 3.05) is 18.5 Å². The molecular formula is C28H32N6O3. The summed E-state index contributed by atoms with van der Waals surface area (Å²) in [6, 6.07) is 13.3. The summed E-state index contributed by atoms with van der Waals surface area (Å²) >= 11 is 0. The fraction of sp³-hybridized carbons (Fsp3) is 0.357. The van der Waals surface area contributed by atoms with Gasteiger partial charge in [-0.3, -0.25) is 9.89 Å². The number of carbonyl (C=O) groups is 1. The number of nitrogens with one attached hydrogen (secondary N) is 3. The molecule has 0 aliphatic heterocycles. The van der Waals surface area contributed by atoms with Crippen molar-refractivity contribution in [1.29, 1.82) is 0 Å².